The van der Waals surface area contributed by atoms with Gasteiger partial charge < -0.3 is 10.5 Å². The fourth-order valence-electron chi connectivity index (χ4n) is 2.01. The maximum atomic E-state index is 14.1. The fraction of sp³-hybridized carbons (Fsp3) is 0.357. The van der Waals surface area contributed by atoms with Gasteiger partial charge in [-0.25, -0.2) is 4.39 Å². The fourth-order valence-corrected chi connectivity index (χ4v) is 2.01. The normalized spacial score (nSPS) is 11.1. The van der Waals surface area contributed by atoms with Crippen molar-refractivity contribution < 1.29 is 9.13 Å². The van der Waals surface area contributed by atoms with E-state index in [0.29, 0.717) is 16.9 Å². The second-order valence-corrected chi connectivity index (χ2v) is 4.81. The second-order valence-electron chi connectivity index (χ2n) is 4.81. The predicted molar refractivity (Wildman–Crippen MR) is 73.7 cm³/mol. The van der Waals surface area contributed by atoms with E-state index in [1.807, 2.05) is 19.9 Å². The maximum absolute atomic E-state index is 14.1. The zero-order chi connectivity index (χ0) is 14.2. The summed E-state index contributed by atoms with van der Waals surface area (Å²) in [4.78, 5) is 0. The molecule has 0 radical (unpaired) electrons. The van der Waals surface area contributed by atoms with E-state index in [1.54, 1.807) is 17.9 Å². The van der Waals surface area contributed by atoms with Crippen LogP contribution in [0.2, 0.25) is 0 Å². The number of aromatic nitrogens is 2. The van der Waals surface area contributed by atoms with Crippen LogP contribution < -0.4 is 10.5 Å². The van der Waals surface area contributed by atoms with Crippen LogP contribution in [0.4, 0.5) is 10.2 Å². The third-order valence-electron chi connectivity index (χ3n) is 3.21. The minimum Gasteiger partial charge on any atom is -0.493 e. The number of aryl methyl sites for hydroxylation is 1. The molecule has 0 amide bonds. The molecule has 0 unspecified atom stereocenters. The average molecular weight is 263 g/mol. The highest BCUT2D eigenvalue weighted by molar-refractivity contribution is 5.79. The van der Waals surface area contributed by atoms with E-state index in [2.05, 4.69) is 5.10 Å². The summed E-state index contributed by atoms with van der Waals surface area (Å²) in [7, 11) is 3.19. The highest BCUT2D eigenvalue weighted by Gasteiger charge is 2.18. The first kappa shape index (κ1) is 13.4. The van der Waals surface area contributed by atoms with Gasteiger partial charge in [0.1, 0.15) is 5.82 Å². The largest absolute Gasteiger partial charge is 0.493 e. The Morgan fingerprint density at radius 2 is 2.00 bits per heavy atom. The summed E-state index contributed by atoms with van der Waals surface area (Å²) < 4.78 is 20.8. The number of benzene rings is 1. The Hall–Kier alpha value is -2.04. The van der Waals surface area contributed by atoms with Crippen molar-refractivity contribution in [1.29, 1.82) is 0 Å². The summed E-state index contributed by atoms with van der Waals surface area (Å²) >= 11 is 0. The van der Waals surface area contributed by atoms with Crippen molar-refractivity contribution >= 4 is 5.82 Å². The zero-order valence-electron chi connectivity index (χ0n) is 11.6. The zero-order valence-corrected chi connectivity index (χ0v) is 11.6. The van der Waals surface area contributed by atoms with Crippen LogP contribution in [-0.2, 0) is 7.05 Å². The Morgan fingerprint density at radius 3 is 2.47 bits per heavy atom. The van der Waals surface area contributed by atoms with Gasteiger partial charge in [-0.15, -0.1) is 0 Å². The number of nitrogen functional groups attached to an aromatic ring is 1. The number of methoxy groups -OCH3 is 1. The lowest BCUT2D eigenvalue weighted by Gasteiger charge is -2.13. The summed E-state index contributed by atoms with van der Waals surface area (Å²) in [6, 6.07) is 3.40. The van der Waals surface area contributed by atoms with Crippen molar-refractivity contribution in [3.8, 4) is 16.9 Å². The van der Waals surface area contributed by atoms with Gasteiger partial charge in [0.2, 0.25) is 0 Å². The minimum absolute atomic E-state index is 0.198. The smallest absolute Gasteiger partial charge is 0.165 e. The molecule has 102 valence electrons. The molecule has 1 aromatic heterocycles. The van der Waals surface area contributed by atoms with Gasteiger partial charge in [0.25, 0.3) is 0 Å². The lowest BCUT2D eigenvalue weighted by Crippen LogP contribution is -2.00. The minimum atomic E-state index is -0.382. The van der Waals surface area contributed by atoms with Crippen molar-refractivity contribution in [3.05, 3.63) is 29.7 Å². The van der Waals surface area contributed by atoms with E-state index >= 15 is 0 Å². The highest BCUT2D eigenvalue weighted by Crippen LogP contribution is 2.37. The Kier molecular flexibility index (Phi) is 3.46. The van der Waals surface area contributed by atoms with E-state index in [-0.39, 0.29) is 17.5 Å². The summed E-state index contributed by atoms with van der Waals surface area (Å²) in [5, 5.41) is 4.09. The monoisotopic (exact) mass is 263 g/mol. The van der Waals surface area contributed by atoms with Crippen molar-refractivity contribution in [2.45, 2.75) is 19.8 Å². The molecular formula is C14H18FN3O. The molecule has 2 N–H and O–H groups in total. The quantitative estimate of drug-likeness (QED) is 0.926. The summed E-state index contributed by atoms with van der Waals surface area (Å²) in [6.45, 7) is 4.02. The molecule has 19 heavy (non-hydrogen) atoms. The number of nitrogens with zero attached hydrogens (tertiary/aromatic N) is 2. The molecule has 0 saturated carbocycles. The molecule has 2 rings (SSSR count). The Labute approximate surface area is 112 Å². The van der Waals surface area contributed by atoms with Crippen LogP contribution in [0.5, 0.6) is 5.75 Å². The maximum Gasteiger partial charge on any atom is 0.165 e. The molecule has 2 aromatic rings. The Bertz CT molecular complexity index is 605. The van der Waals surface area contributed by atoms with Gasteiger partial charge in [-0.05, 0) is 23.6 Å². The van der Waals surface area contributed by atoms with Crippen LogP contribution in [0.15, 0.2) is 18.3 Å². The van der Waals surface area contributed by atoms with Gasteiger partial charge in [-0.3, -0.25) is 4.68 Å². The first-order chi connectivity index (χ1) is 8.95. The van der Waals surface area contributed by atoms with Gasteiger partial charge in [-0.2, -0.15) is 5.10 Å². The van der Waals surface area contributed by atoms with Crippen LogP contribution in [-0.4, -0.2) is 16.9 Å². The number of ether oxygens (including phenoxy) is 1. The molecule has 0 saturated heterocycles. The third kappa shape index (κ3) is 2.28. The molecule has 0 atom stereocenters. The standard InChI is InChI=1S/C14H18FN3O/c1-8(2)9-5-10(13(19-4)12(15)6-9)11-7-17-18(3)14(11)16/h5-8H,16H2,1-4H3. The SMILES string of the molecule is COc1c(F)cc(C(C)C)cc1-c1cnn(C)c1N. The second kappa shape index (κ2) is 4.91. The van der Waals surface area contributed by atoms with Crippen LogP contribution in [0.3, 0.4) is 0 Å². The summed E-state index contributed by atoms with van der Waals surface area (Å²) in [5.74, 6) is 0.520. The summed E-state index contributed by atoms with van der Waals surface area (Å²) in [6.07, 6.45) is 1.62. The lowest BCUT2D eigenvalue weighted by molar-refractivity contribution is 0.388. The third-order valence-corrected chi connectivity index (χ3v) is 3.21. The number of hydrogen-bond donors (Lipinski definition) is 1. The molecule has 5 heteroatoms. The number of nitrogens with two attached hydrogens (primary N) is 1. The molecule has 4 nitrogen and oxygen atoms in total. The van der Waals surface area contributed by atoms with Crippen molar-refractivity contribution in [2.75, 3.05) is 12.8 Å². The summed E-state index contributed by atoms with van der Waals surface area (Å²) in [5.41, 5.74) is 8.17. The van der Waals surface area contributed by atoms with Crippen LogP contribution in [0.1, 0.15) is 25.3 Å². The number of hydrogen-bond acceptors (Lipinski definition) is 3. The predicted octanol–water partition coefficient (Wildman–Crippen LogP) is 2.94. The van der Waals surface area contributed by atoms with Crippen molar-refractivity contribution in [3.63, 3.8) is 0 Å². The Morgan fingerprint density at radius 1 is 1.32 bits per heavy atom. The average Bonchev–Trinajstić information content (AvgIpc) is 2.69. The molecule has 0 aliphatic rings. The van der Waals surface area contributed by atoms with E-state index in [0.717, 1.165) is 5.56 Å². The molecule has 0 aliphatic heterocycles. The first-order valence-electron chi connectivity index (χ1n) is 6.11. The van der Waals surface area contributed by atoms with Gasteiger partial charge in [0.05, 0.1) is 13.3 Å². The molecule has 0 fully saturated rings. The molecule has 0 spiro atoms. The topological polar surface area (TPSA) is 53.1 Å². The number of halogens is 1. The molecule has 1 aromatic carbocycles. The van der Waals surface area contributed by atoms with E-state index in [9.17, 15) is 4.39 Å². The van der Waals surface area contributed by atoms with Crippen molar-refractivity contribution in [1.82, 2.24) is 9.78 Å². The molecule has 0 bridgehead atoms. The molecule has 1 heterocycles. The number of rotatable bonds is 3. The van der Waals surface area contributed by atoms with E-state index < -0.39 is 0 Å². The van der Waals surface area contributed by atoms with Crippen molar-refractivity contribution in [2.24, 2.45) is 7.05 Å². The van der Waals surface area contributed by atoms with E-state index in [4.69, 9.17) is 10.5 Å². The van der Waals surface area contributed by atoms with Crippen LogP contribution >= 0.6 is 0 Å². The van der Waals surface area contributed by atoms with Crippen LogP contribution in [0.25, 0.3) is 11.1 Å². The Balaban J connectivity index is 2.70. The van der Waals surface area contributed by atoms with Gasteiger partial charge >= 0.3 is 0 Å². The highest BCUT2D eigenvalue weighted by atomic mass is 19.1. The van der Waals surface area contributed by atoms with Gasteiger partial charge in [0.15, 0.2) is 11.6 Å². The van der Waals surface area contributed by atoms with Gasteiger partial charge in [-0.1, -0.05) is 13.8 Å². The first-order valence-corrected chi connectivity index (χ1v) is 6.11. The van der Waals surface area contributed by atoms with Gasteiger partial charge in [0, 0.05) is 18.2 Å². The molecule has 0 aliphatic carbocycles. The number of anilines is 1. The van der Waals surface area contributed by atoms with Crippen LogP contribution in [0, 0.1) is 5.82 Å². The van der Waals surface area contributed by atoms with E-state index in [1.165, 1.54) is 13.2 Å². The molecular weight excluding hydrogens is 245 g/mol. The lowest BCUT2D eigenvalue weighted by atomic mass is 9.97.